The molecule has 0 saturated heterocycles. The number of nitriles is 1. The second-order valence-corrected chi connectivity index (χ2v) is 6.74. The molecule has 3 rings (SSSR count). The van der Waals surface area contributed by atoms with Crippen LogP contribution in [0.25, 0.3) is 0 Å². The van der Waals surface area contributed by atoms with Crippen LogP contribution in [0.15, 0.2) is 53.9 Å². The zero-order valence-corrected chi connectivity index (χ0v) is 16.7. The number of non-ortho nitro benzene ring substituents is 1. The molecule has 0 spiro atoms. The van der Waals surface area contributed by atoms with Gasteiger partial charge in [-0.05, 0) is 18.2 Å². The number of para-hydroxylation sites is 2. The Morgan fingerprint density at radius 3 is 2.30 bits per heavy atom. The van der Waals surface area contributed by atoms with E-state index < -0.39 is 23.3 Å². The summed E-state index contributed by atoms with van der Waals surface area (Å²) in [7, 11) is 3.44. The topological polar surface area (TPSA) is 117 Å². The molecule has 1 heterocycles. The van der Waals surface area contributed by atoms with E-state index in [1.54, 1.807) is 23.9 Å². The number of nitrogens with zero attached hydrogens (tertiary/aromatic N) is 4. The molecular weight excluding hydrogens is 412 g/mol. The number of fused-ring (bicyclic) bond motifs is 1. The van der Waals surface area contributed by atoms with Crippen molar-refractivity contribution in [3.8, 4) is 6.07 Å². The first-order valence-electron chi connectivity index (χ1n) is 8.61. The Morgan fingerprint density at radius 2 is 1.77 bits per heavy atom. The third-order valence-electron chi connectivity index (χ3n) is 4.57. The molecule has 2 aromatic carbocycles. The predicted octanol–water partition coefficient (Wildman–Crippen LogP) is 3.30. The summed E-state index contributed by atoms with van der Waals surface area (Å²) >= 11 is 5.91. The molecular formula is C20H15ClN4O5. The third-order valence-corrected chi connectivity index (χ3v) is 4.90. The van der Waals surface area contributed by atoms with Gasteiger partial charge in [0.25, 0.3) is 5.69 Å². The molecule has 0 aliphatic carbocycles. The van der Waals surface area contributed by atoms with Crippen molar-refractivity contribution in [1.82, 2.24) is 0 Å². The van der Waals surface area contributed by atoms with Gasteiger partial charge in [0.05, 0.1) is 26.9 Å². The van der Waals surface area contributed by atoms with Gasteiger partial charge in [0.2, 0.25) is 5.78 Å². The van der Waals surface area contributed by atoms with E-state index in [-0.39, 0.29) is 21.8 Å². The average molecular weight is 427 g/mol. The first-order chi connectivity index (χ1) is 14.3. The van der Waals surface area contributed by atoms with E-state index in [1.807, 2.05) is 30.3 Å². The third kappa shape index (κ3) is 3.68. The van der Waals surface area contributed by atoms with Crippen molar-refractivity contribution < 1.29 is 19.2 Å². The number of halogens is 1. The normalized spacial score (nSPS) is 12.3. The number of nitro benzene ring substituents is 1. The van der Waals surface area contributed by atoms with Crippen LogP contribution in [-0.4, -0.2) is 37.4 Å². The summed E-state index contributed by atoms with van der Waals surface area (Å²) in [5, 5.41) is 20.4. The second kappa shape index (κ2) is 8.23. The van der Waals surface area contributed by atoms with E-state index in [9.17, 15) is 25.0 Å². The molecule has 0 fully saturated rings. The van der Waals surface area contributed by atoms with Crippen LogP contribution in [0.1, 0.15) is 10.4 Å². The lowest BCUT2D eigenvalue weighted by Crippen LogP contribution is -2.27. The SMILES string of the molecule is CN1C(=C(C#N)C(=O)COC(=O)c2cc([N+](=O)[O-])ccc2Cl)N(C)c2ccccc21. The fourth-order valence-corrected chi connectivity index (χ4v) is 3.32. The first kappa shape index (κ1) is 20.8. The summed E-state index contributed by atoms with van der Waals surface area (Å²) in [5.74, 6) is -1.36. The highest BCUT2D eigenvalue weighted by Gasteiger charge is 2.31. The summed E-state index contributed by atoms with van der Waals surface area (Å²) < 4.78 is 4.98. The number of ether oxygens (including phenoxy) is 1. The van der Waals surface area contributed by atoms with Gasteiger partial charge in [0.15, 0.2) is 6.61 Å². The van der Waals surface area contributed by atoms with Crippen molar-refractivity contribution >= 4 is 40.4 Å². The Balaban J connectivity index is 1.82. The van der Waals surface area contributed by atoms with Crippen LogP contribution in [-0.2, 0) is 9.53 Å². The number of hydrogen-bond acceptors (Lipinski definition) is 8. The molecule has 0 aromatic heterocycles. The zero-order valence-electron chi connectivity index (χ0n) is 16.0. The lowest BCUT2D eigenvalue weighted by Gasteiger charge is -2.19. The highest BCUT2D eigenvalue weighted by molar-refractivity contribution is 6.33. The Bertz CT molecular complexity index is 1110. The van der Waals surface area contributed by atoms with Gasteiger partial charge < -0.3 is 14.5 Å². The van der Waals surface area contributed by atoms with Crippen molar-refractivity contribution in [3.05, 3.63) is 74.6 Å². The molecule has 1 aliphatic heterocycles. The summed E-state index contributed by atoms with van der Waals surface area (Å²) in [6.07, 6.45) is 0. The van der Waals surface area contributed by atoms with Gasteiger partial charge >= 0.3 is 5.97 Å². The number of esters is 1. The van der Waals surface area contributed by atoms with Crippen LogP contribution in [0.2, 0.25) is 5.02 Å². The van der Waals surface area contributed by atoms with E-state index in [4.69, 9.17) is 16.3 Å². The number of Topliss-reactive ketones (excluding diaryl/α,β-unsaturated/α-hetero) is 1. The average Bonchev–Trinajstić information content (AvgIpc) is 2.98. The molecule has 0 N–H and O–H groups in total. The molecule has 0 unspecified atom stereocenters. The van der Waals surface area contributed by atoms with Crippen molar-refractivity contribution in [3.63, 3.8) is 0 Å². The molecule has 10 heteroatoms. The van der Waals surface area contributed by atoms with Gasteiger partial charge in [-0.2, -0.15) is 5.26 Å². The predicted molar refractivity (Wildman–Crippen MR) is 109 cm³/mol. The first-order valence-corrected chi connectivity index (χ1v) is 8.99. The van der Waals surface area contributed by atoms with E-state index in [2.05, 4.69) is 0 Å². The number of carbonyl (C=O) groups is 2. The van der Waals surface area contributed by atoms with Crippen LogP contribution in [0.3, 0.4) is 0 Å². The van der Waals surface area contributed by atoms with Crippen molar-refractivity contribution in [2.45, 2.75) is 0 Å². The van der Waals surface area contributed by atoms with Crippen molar-refractivity contribution in [1.29, 1.82) is 5.26 Å². The fourth-order valence-electron chi connectivity index (χ4n) is 3.12. The number of hydrogen-bond donors (Lipinski definition) is 0. The van der Waals surface area contributed by atoms with E-state index in [0.29, 0.717) is 5.82 Å². The van der Waals surface area contributed by atoms with Gasteiger partial charge in [0, 0.05) is 26.2 Å². The van der Waals surface area contributed by atoms with Gasteiger partial charge in [-0.1, -0.05) is 23.7 Å². The standard InChI is InChI=1S/C20H15ClN4O5/c1-23-16-5-3-4-6-17(16)24(2)19(23)14(10-22)18(26)11-30-20(27)13-9-12(25(28)29)7-8-15(13)21/h3-9H,11H2,1-2H3. The molecule has 0 amide bonds. The van der Waals surface area contributed by atoms with Gasteiger partial charge in [0.1, 0.15) is 17.5 Å². The molecule has 30 heavy (non-hydrogen) atoms. The Kier molecular flexibility index (Phi) is 5.71. The molecule has 0 radical (unpaired) electrons. The zero-order chi connectivity index (χ0) is 22.0. The maximum Gasteiger partial charge on any atom is 0.340 e. The van der Waals surface area contributed by atoms with Crippen LogP contribution < -0.4 is 9.80 Å². The van der Waals surface area contributed by atoms with Crippen molar-refractivity contribution in [2.24, 2.45) is 0 Å². The summed E-state index contributed by atoms with van der Waals surface area (Å²) in [5.41, 5.74) is 0.859. The van der Waals surface area contributed by atoms with Crippen LogP contribution in [0.5, 0.6) is 0 Å². The molecule has 2 aromatic rings. The minimum Gasteiger partial charge on any atom is -0.454 e. The van der Waals surface area contributed by atoms with E-state index >= 15 is 0 Å². The molecule has 0 atom stereocenters. The molecule has 9 nitrogen and oxygen atoms in total. The Labute approximate surface area is 176 Å². The highest BCUT2D eigenvalue weighted by atomic mass is 35.5. The molecule has 1 aliphatic rings. The Morgan fingerprint density at radius 1 is 1.17 bits per heavy atom. The second-order valence-electron chi connectivity index (χ2n) is 6.34. The smallest absolute Gasteiger partial charge is 0.340 e. The number of benzene rings is 2. The largest absolute Gasteiger partial charge is 0.454 e. The van der Waals surface area contributed by atoms with Crippen LogP contribution >= 0.6 is 11.6 Å². The monoisotopic (exact) mass is 426 g/mol. The maximum absolute atomic E-state index is 12.6. The van der Waals surface area contributed by atoms with Gasteiger partial charge in [-0.25, -0.2) is 4.79 Å². The molecule has 152 valence electrons. The lowest BCUT2D eigenvalue weighted by molar-refractivity contribution is -0.384. The van der Waals surface area contributed by atoms with Crippen molar-refractivity contribution in [2.75, 3.05) is 30.5 Å². The minimum atomic E-state index is -1.00. The molecule has 0 saturated carbocycles. The fraction of sp³-hybridized carbons (Fsp3) is 0.150. The highest BCUT2D eigenvalue weighted by Crippen LogP contribution is 2.40. The Hall–Kier alpha value is -3.90. The number of nitro groups is 1. The van der Waals surface area contributed by atoms with Crippen LogP contribution in [0.4, 0.5) is 17.1 Å². The van der Waals surface area contributed by atoms with E-state index in [0.717, 1.165) is 23.5 Å². The summed E-state index contributed by atoms with van der Waals surface area (Å²) in [6, 6.07) is 12.6. The lowest BCUT2D eigenvalue weighted by atomic mass is 10.1. The minimum absolute atomic E-state index is 0.0531. The quantitative estimate of drug-likeness (QED) is 0.235. The maximum atomic E-state index is 12.6. The molecule has 0 bridgehead atoms. The van der Waals surface area contributed by atoms with E-state index in [1.165, 1.54) is 6.07 Å². The van der Waals surface area contributed by atoms with Crippen LogP contribution in [0, 0.1) is 21.4 Å². The van der Waals surface area contributed by atoms with Gasteiger partial charge in [-0.15, -0.1) is 0 Å². The number of carbonyl (C=O) groups excluding carboxylic acids is 2. The van der Waals surface area contributed by atoms with Gasteiger partial charge in [-0.3, -0.25) is 14.9 Å². The number of anilines is 2. The number of rotatable bonds is 5. The summed E-state index contributed by atoms with van der Waals surface area (Å²) in [6.45, 7) is -0.720. The number of ketones is 1. The summed E-state index contributed by atoms with van der Waals surface area (Å²) in [4.78, 5) is 38.5.